The van der Waals surface area contributed by atoms with Gasteiger partial charge < -0.3 is 20.1 Å². The first-order chi connectivity index (χ1) is 9.20. The number of rotatable bonds is 5. The maximum atomic E-state index is 11.6. The molecule has 1 amide bonds. The number of hydrogen-bond acceptors (Lipinski definition) is 4. The van der Waals surface area contributed by atoms with E-state index in [1.807, 2.05) is 32.0 Å². The van der Waals surface area contributed by atoms with E-state index in [9.17, 15) is 4.79 Å². The van der Waals surface area contributed by atoms with E-state index in [0.717, 1.165) is 23.6 Å². The molecule has 1 aromatic carbocycles. The molecule has 0 radical (unpaired) electrons. The Balaban J connectivity index is 1.99. The topological polar surface area (TPSA) is 59.6 Å². The molecule has 104 valence electrons. The summed E-state index contributed by atoms with van der Waals surface area (Å²) < 4.78 is 11.0. The lowest BCUT2D eigenvalue weighted by Gasteiger charge is -2.21. The second-order valence-corrected chi connectivity index (χ2v) is 4.47. The van der Waals surface area contributed by atoms with Crippen molar-refractivity contribution >= 4 is 5.91 Å². The number of nitrogens with one attached hydrogen (secondary N) is 2. The molecule has 19 heavy (non-hydrogen) atoms. The summed E-state index contributed by atoms with van der Waals surface area (Å²) in [5, 5.41) is 5.94. The first-order valence-corrected chi connectivity index (χ1v) is 6.60. The summed E-state index contributed by atoms with van der Waals surface area (Å²) in [6.45, 7) is 6.20. The van der Waals surface area contributed by atoms with Gasteiger partial charge in [-0.1, -0.05) is 13.0 Å². The second kappa shape index (κ2) is 6.43. The van der Waals surface area contributed by atoms with Crippen molar-refractivity contribution < 1.29 is 14.3 Å². The van der Waals surface area contributed by atoms with Crippen LogP contribution in [-0.2, 0) is 4.79 Å². The Morgan fingerprint density at radius 3 is 2.79 bits per heavy atom. The SMILES string of the molecule is CCNCC(=O)NC(C)c1ccc2c(c1)OCCO2. The Kier molecular flexibility index (Phi) is 4.63. The van der Waals surface area contributed by atoms with Gasteiger partial charge >= 0.3 is 0 Å². The highest BCUT2D eigenvalue weighted by Crippen LogP contribution is 2.32. The number of amides is 1. The van der Waals surface area contributed by atoms with E-state index >= 15 is 0 Å². The monoisotopic (exact) mass is 264 g/mol. The maximum Gasteiger partial charge on any atom is 0.234 e. The third-order valence-electron chi connectivity index (χ3n) is 2.98. The molecule has 0 aliphatic carbocycles. The van der Waals surface area contributed by atoms with E-state index in [1.165, 1.54) is 0 Å². The van der Waals surface area contributed by atoms with Gasteiger partial charge in [0.2, 0.25) is 5.91 Å². The van der Waals surface area contributed by atoms with Crippen molar-refractivity contribution in [1.29, 1.82) is 0 Å². The molecule has 1 aliphatic rings. The minimum absolute atomic E-state index is 0.00996. The van der Waals surface area contributed by atoms with Gasteiger partial charge in [0.15, 0.2) is 11.5 Å². The molecule has 0 aromatic heterocycles. The molecule has 0 saturated heterocycles. The highest BCUT2D eigenvalue weighted by Gasteiger charge is 2.15. The minimum Gasteiger partial charge on any atom is -0.486 e. The normalized spacial score (nSPS) is 14.8. The number of hydrogen-bond donors (Lipinski definition) is 2. The van der Waals surface area contributed by atoms with Crippen LogP contribution in [0, 0.1) is 0 Å². The quantitative estimate of drug-likeness (QED) is 0.840. The van der Waals surface area contributed by atoms with Crippen LogP contribution < -0.4 is 20.1 Å². The van der Waals surface area contributed by atoms with Gasteiger partial charge in [0.05, 0.1) is 12.6 Å². The average Bonchev–Trinajstić information content (AvgIpc) is 2.44. The molecule has 0 saturated carbocycles. The zero-order chi connectivity index (χ0) is 13.7. The third kappa shape index (κ3) is 3.61. The van der Waals surface area contributed by atoms with Crippen LogP contribution in [0.1, 0.15) is 25.5 Å². The Morgan fingerprint density at radius 1 is 1.32 bits per heavy atom. The van der Waals surface area contributed by atoms with Crippen molar-refractivity contribution in [3.05, 3.63) is 23.8 Å². The Bertz CT molecular complexity index is 448. The number of fused-ring (bicyclic) bond motifs is 1. The lowest BCUT2D eigenvalue weighted by Crippen LogP contribution is -2.35. The van der Waals surface area contributed by atoms with Crippen LogP contribution >= 0.6 is 0 Å². The molecule has 1 heterocycles. The van der Waals surface area contributed by atoms with Crippen molar-refractivity contribution in [3.8, 4) is 11.5 Å². The van der Waals surface area contributed by atoms with E-state index in [2.05, 4.69) is 10.6 Å². The zero-order valence-corrected chi connectivity index (χ0v) is 11.4. The predicted octanol–water partition coefficient (Wildman–Crippen LogP) is 1.24. The van der Waals surface area contributed by atoms with Crippen LogP contribution in [0.5, 0.6) is 11.5 Å². The summed E-state index contributed by atoms with van der Waals surface area (Å²) >= 11 is 0. The Hall–Kier alpha value is -1.75. The third-order valence-corrected chi connectivity index (χ3v) is 2.98. The predicted molar refractivity (Wildman–Crippen MR) is 72.5 cm³/mol. The highest BCUT2D eigenvalue weighted by molar-refractivity contribution is 5.78. The van der Waals surface area contributed by atoms with Gasteiger partial charge in [-0.15, -0.1) is 0 Å². The molecule has 1 atom stereocenters. The summed E-state index contributed by atoms with van der Waals surface area (Å²) in [6, 6.07) is 5.71. The number of benzene rings is 1. The zero-order valence-electron chi connectivity index (χ0n) is 11.4. The average molecular weight is 264 g/mol. The van der Waals surface area contributed by atoms with Crippen LogP contribution in [0.4, 0.5) is 0 Å². The van der Waals surface area contributed by atoms with Crippen LogP contribution in [0.25, 0.3) is 0 Å². The van der Waals surface area contributed by atoms with Crippen LogP contribution in [0.15, 0.2) is 18.2 Å². The van der Waals surface area contributed by atoms with Crippen LogP contribution in [-0.4, -0.2) is 32.2 Å². The molecule has 0 fully saturated rings. The number of likely N-dealkylation sites (N-methyl/N-ethyl adjacent to an activating group) is 1. The van der Waals surface area contributed by atoms with E-state index in [4.69, 9.17) is 9.47 Å². The molecular formula is C14H20N2O3. The number of ether oxygens (including phenoxy) is 2. The first-order valence-electron chi connectivity index (χ1n) is 6.60. The van der Waals surface area contributed by atoms with E-state index < -0.39 is 0 Å². The summed E-state index contributed by atoms with van der Waals surface area (Å²) in [4.78, 5) is 11.6. The highest BCUT2D eigenvalue weighted by atomic mass is 16.6. The lowest BCUT2D eigenvalue weighted by atomic mass is 10.1. The van der Waals surface area contributed by atoms with E-state index in [1.54, 1.807) is 0 Å². The first kappa shape index (κ1) is 13.7. The van der Waals surface area contributed by atoms with Crippen molar-refractivity contribution in [1.82, 2.24) is 10.6 Å². The second-order valence-electron chi connectivity index (χ2n) is 4.47. The van der Waals surface area contributed by atoms with Crippen molar-refractivity contribution in [2.24, 2.45) is 0 Å². The molecule has 0 bridgehead atoms. The standard InChI is InChI=1S/C14H20N2O3/c1-3-15-9-14(17)16-10(2)11-4-5-12-13(8-11)19-7-6-18-12/h4-5,8,10,15H,3,6-7,9H2,1-2H3,(H,16,17). The fourth-order valence-electron chi connectivity index (χ4n) is 1.94. The summed E-state index contributed by atoms with van der Waals surface area (Å²) in [5.41, 5.74) is 1.01. The minimum atomic E-state index is -0.0537. The van der Waals surface area contributed by atoms with Crippen molar-refractivity contribution in [2.75, 3.05) is 26.3 Å². The van der Waals surface area contributed by atoms with E-state index in [0.29, 0.717) is 19.8 Å². The van der Waals surface area contributed by atoms with Gasteiger partial charge in [0, 0.05) is 0 Å². The fraction of sp³-hybridized carbons (Fsp3) is 0.500. The van der Waals surface area contributed by atoms with Gasteiger partial charge in [-0.2, -0.15) is 0 Å². The summed E-state index contributed by atoms with van der Waals surface area (Å²) in [6.07, 6.45) is 0. The molecule has 0 spiro atoms. The number of carbonyl (C=O) groups excluding carboxylic acids is 1. The van der Waals surface area contributed by atoms with Gasteiger partial charge in [-0.25, -0.2) is 0 Å². The van der Waals surface area contributed by atoms with Gasteiger partial charge in [0.25, 0.3) is 0 Å². The van der Waals surface area contributed by atoms with E-state index in [-0.39, 0.29) is 11.9 Å². The molecule has 5 heteroatoms. The van der Waals surface area contributed by atoms with Gasteiger partial charge in [0.1, 0.15) is 13.2 Å². The summed E-state index contributed by atoms with van der Waals surface area (Å²) in [5.74, 6) is 1.50. The van der Waals surface area contributed by atoms with Crippen molar-refractivity contribution in [2.45, 2.75) is 19.9 Å². The number of carbonyl (C=O) groups is 1. The molecule has 2 rings (SSSR count). The Labute approximate surface area is 113 Å². The van der Waals surface area contributed by atoms with Crippen LogP contribution in [0.2, 0.25) is 0 Å². The van der Waals surface area contributed by atoms with Gasteiger partial charge in [-0.3, -0.25) is 4.79 Å². The summed E-state index contributed by atoms with van der Waals surface area (Å²) in [7, 11) is 0. The Morgan fingerprint density at radius 2 is 2.05 bits per heavy atom. The maximum absolute atomic E-state index is 11.6. The lowest BCUT2D eigenvalue weighted by molar-refractivity contribution is -0.120. The molecule has 1 aliphatic heterocycles. The van der Waals surface area contributed by atoms with Crippen molar-refractivity contribution in [3.63, 3.8) is 0 Å². The molecule has 1 aromatic rings. The fourth-order valence-corrected chi connectivity index (χ4v) is 1.94. The van der Waals surface area contributed by atoms with Gasteiger partial charge in [-0.05, 0) is 31.2 Å². The molecule has 5 nitrogen and oxygen atoms in total. The molecule has 1 unspecified atom stereocenters. The largest absolute Gasteiger partial charge is 0.486 e. The van der Waals surface area contributed by atoms with Crippen LogP contribution in [0.3, 0.4) is 0 Å². The smallest absolute Gasteiger partial charge is 0.234 e. The molecular weight excluding hydrogens is 244 g/mol. The molecule has 2 N–H and O–H groups in total.